The summed E-state index contributed by atoms with van der Waals surface area (Å²) < 4.78 is 0. The molecule has 0 spiro atoms. The van der Waals surface area contributed by atoms with Gasteiger partial charge in [-0.1, -0.05) is 29.3 Å². The summed E-state index contributed by atoms with van der Waals surface area (Å²) in [6, 6.07) is 10.9. The molecule has 2 aromatic rings. The van der Waals surface area contributed by atoms with E-state index in [0.717, 1.165) is 16.9 Å². The molecule has 0 aliphatic heterocycles. The Morgan fingerprint density at radius 2 is 1.75 bits per heavy atom. The van der Waals surface area contributed by atoms with Gasteiger partial charge in [0.1, 0.15) is 0 Å². The number of carboxylic acid groups (broad SMARTS) is 1. The van der Waals surface area contributed by atoms with Crippen molar-refractivity contribution in [3.8, 4) is 0 Å². The van der Waals surface area contributed by atoms with Crippen LogP contribution in [-0.4, -0.2) is 18.1 Å². The first kappa shape index (κ1) is 14.4. The first-order valence-electron chi connectivity index (χ1n) is 6.24. The first-order chi connectivity index (χ1) is 9.40. The zero-order valence-corrected chi connectivity index (χ0v) is 12.4. The fraction of sp³-hybridized carbons (Fsp3) is 0.188. The lowest BCUT2D eigenvalue weighted by Gasteiger charge is -2.23. The SMILES string of the molecule is Cc1ccc(N(C)c2ccc(C(=O)O)cc2Cl)c(C)c1. The van der Waals surface area contributed by atoms with Crippen LogP contribution in [0.5, 0.6) is 0 Å². The number of aromatic carboxylic acids is 1. The lowest BCUT2D eigenvalue weighted by atomic mass is 10.1. The van der Waals surface area contributed by atoms with Crippen LogP contribution in [0.3, 0.4) is 0 Å². The van der Waals surface area contributed by atoms with Crippen molar-refractivity contribution in [3.05, 3.63) is 58.1 Å². The Kier molecular flexibility index (Phi) is 4.00. The van der Waals surface area contributed by atoms with Gasteiger partial charge in [0, 0.05) is 12.7 Å². The van der Waals surface area contributed by atoms with Crippen LogP contribution >= 0.6 is 11.6 Å². The molecule has 0 aliphatic rings. The molecule has 0 unspecified atom stereocenters. The molecule has 0 bridgehead atoms. The predicted molar refractivity (Wildman–Crippen MR) is 82.4 cm³/mol. The molecule has 0 saturated heterocycles. The maximum atomic E-state index is 10.9. The second-order valence-electron chi connectivity index (χ2n) is 4.82. The Hall–Kier alpha value is -2.00. The molecule has 0 saturated carbocycles. The van der Waals surface area contributed by atoms with Crippen molar-refractivity contribution in [1.82, 2.24) is 0 Å². The number of rotatable bonds is 3. The number of halogens is 1. The van der Waals surface area contributed by atoms with Gasteiger partial charge < -0.3 is 10.0 Å². The van der Waals surface area contributed by atoms with Crippen LogP contribution in [0.1, 0.15) is 21.5 Å². The fourth-order valence-electron chi connectivity index (χ4n) is 2.22. The lowest BCUT2D eigenvalue weighted by molar-refractivity contribution is 0.0697. The van der Waals surface area contributed by atoms with E-state index in [1.165, 1.54) is 11.6 Å². The molecule has 4 heteroatoms. The Labute approximate surface area is 123 Å². The third-order valence-corrected chi connectivity index (χ3v) is 3.57. The summed E-state index contributed by atoms with van der Waals surface area (Å²) in [4.78, 5) is 12.9. The number of carboxylic acids is 1. The summed E-state index contributed by atoms with van der Waals surface area (Å²) in [7, 11) is 1.92. The number of carbonyl (C=O) groups is 1. The highest BCUT2D eigenvalue weighted by molar-refractivity contribution is 6.33. The van der Waals surface area contributed by atoms with Gasteiger partial charge in [-0.15, -0.1) is 0 Å². The van der Waals surface area contributed by atoms with Gasteiger partial charge in [0.15, 0.2) is 0 Å². The zero-order valence-electron chi connectivity index (χ0n) is 11.6. The van der Waals surface area contributed by atoms with E-state index in [4.69, 9.17) is 16.7 Å². The average molecular weight is 290 g/mol. The summed E-state index contributed by atoms with van der Waals surface area (Å²) in [6.45, 7) is 4.09. The molecule has 0 atom stereocenters. The monoisotopic (exact) mass is 289 g/mol. The number of nitrogens with zero attached hydrogens (tertiary/aromatic N) is 1. The van der Waals surface area contributed by atoms with Crippen LogP contribution in [-0.2, 0) is 0 Å². The van der Waals surface area contributed by atoms with Crippen molar-refractivity contribution in [2.75, 3.05) is 11.9 Å². The number of hydrogen-bond donors (Lipinski definition) is 1. The van der Waals surface area contributed by atoms with Gasteiger partial charge in [0.2, 0.25) is 0 Å². The van der Waals surface area contributed by atoms with Crippen molar-refractivity contribution < 1.29 is 9.90 Å². The molecule has 2 rings (SSSR count). The molecule has 0 aliphatic carbocycles. The number of aryl methyl sites for hydroxylation is 2. The molecule has 0 aromatic heterocycles. The molecule has 3 nitrogen and oxygen atoms in total. The standard InChI is InChI=1S/C16H16ClNO2/c1-10-4-6-14(11(2)8-10)18(3)15-7-5-12(16(19)20)9-13(15)17/h4-9H,1-3H3,(H,19,20). The molecule has 0 amide bonds. The van der Waals surface area contributed by atoms with Gasteiger partial charge >= 0.3 is 5.97 Å². The van der Waals surface area contributed by atoms with Crippen LogP contribution in [0.25, 0.3) is 0 Å². The lowest BCUT2D eigenvalue weighted by Crippen LogP contribution is -2.12. The maximum absolute atomic E-state index is 10.9. The van der Waals surface area contributed by atoms with Gasteiger partial charge in [-0.25, -0.2) is 4.79 Å². The fourth-order valence-corrected chi connectivity index (χ4v) is 2.53. The Bertz CT molecular complexity index is 668. The van der Waals surface area contributed by atoms with Crippen LogP contribution in [0.15, 0.2) is 36.4 Å². The Morgan fingerprint density at radius 1 is 1.10 bits per heavy atom. The van der Waals surface area contributed by atoms with E-state index in [2.05, 4.69) is 6.07 Å². The third-order valence-electron chi connectivity index (χ3n) is 3.27. The molecule has 2 aromatic carbocycles. The van der Waals surface area contributed by atoms with Gasteiger partial charge in [-0.05, 0) is 43.7 Å². The van der Waals surface area contributed by atoms with E-state index in [1.54, 1.807) is 12.1 Å². The van der Waals surface area contributed by atoms with E-state index in [1.807, 2.05) is 37.9 Å². The number of hydrogen-bond acceptors (Lipinski definition) is 2. The van der Waals surface area contributed by atoms with Crippen molar-refractivity contribution >= 4 is 28.9 Å². The topological polar surface area (TPSA) is 40.5 Å². The van der Waals surface area contributed by atoms with Gasteiger partial charge in [0.25, 0.3) is 0 Å². The predicted octanol–water partition coefficient (Wildman–Crippen LogP) is 4.42. The zero-order chi connectivity index (χ0) is 14.9. The van der Waals surface area contributed by atoms with Gasteiger partial charge in [0.05, 0.1) is 16.3 Å². The van der Waals surface area contributed by atoms with E-state index in [9.17, 15) is 4.79 Å². The largest absolute Gasteiger partial charge is 0.478 e. The smallest absolute Gasteiger partial charge is 0.335 e. The van der Waals surface area contributed by atoms with E-state index in [-0.39, 0.29) is 5.56 Å². The van der Waals surface area contributed by atoms with Crippen molar-refractivity contribution in [3.63, 3.8) is 0 Å². The molecule has 104 valence electrons. The molecule has 20 heavy (non-hydrogen) atoms. The van der Waals surface area contributed by atoms with Crippen LogP contribution in [0, 0.1) is 13.8 Å². The normalized spacial score (nSPS) is 10.4. The molecule has 0 heterocycles. The minimum Gasteiger partial charge on any atom is -0.478 e. The second-order valence-corrected chi connectivity index (χ2v) is 5.23. The number of benzene rings is 2. The van der Waals surface area contributed by atoms with Gasteiger partial charge in [-0.2, -0.15) is 0 Å². The summed E-state index contributed by atoms with van der Waals surface area (Å²) in [6.07, 6.45) is 0. The van der Waals surface area contributed by atoms with Crippen LogP contribution < -0.4 is 4.90 Å². The Balaban J connectivity index is 2.43. The second kappa shape index (κ2) is 5.55. The number of anilines is 2. The molecular formula is C16H16ClNO2. The minimum absolute atomic E-state index is 0.188. The minimum atomic E-state index is -0.979. The Morgan fingerprint density at radius 3 is 2.30 bits per heavy atom. The van der Waals surface area contributed by atoms with E-state index < -0.39 is 5.97 Å². The van der Waals surface area contributed by atoms with Crippen LogP contribution in [0.4, 0.5) is 11.4 Å². The van der Waals surface area contributed by atoms with Crippen molar-refractivity contribution in [1.29, 1.82) is 0 Å². The van der Waals surface area contributed by atoms with E-state index >= 15 is 0 Å². The molecule has 0 fully saturated rings. The highest BCUT2D eigenvalue weighted by Crippen LogP contribution is 2.33. The average Bonchev–Trinajstić information content (AvgIpc) is 2.37. The summed E-state index contributed by atoms with van der Waals surface area (Å²) >= 11 is 6.20. The molecule has 1 N–H and O–H groups in total. The first-order valence-corrected chi connectivity index (χ1v) is 6.62. The van der Waals surface area contributed by atoms with Crippen molar-refractivity contribution in [2.45, 2.75) is 13.8 Å². The third kappa shape index (κ3) is 2.78. The maximum Gasteiger partial charge on any atom is 0.335 e. The highest BCUT2D eigenvalue weighted by atomic mass is 35.5. The summed E-state index contributed by atoms with van der Waals surface area (Å²) in [5, 5.41) is 9.38. The quantitative estimate of drug-likeness (QED) is 0.909. The molecular weight excluding hydrogens is 274 g/mol. The van der Waals surface area contributed by atoms with Crippen molar-refractivity contribution in [2.24, 2.45) is 0 Å². The highest BCUT2D eigenvalue weighted by Gasteiger charge is 2.13. The molecule has 0 radical (unpaired) electrons. The van der Waals surface area contributed by atoms with E-state index in [0.29, 0.717) is 5.02 Å². The summed E-state index contributed by atoms with van der Waals surface area (Å²) in [5.74, 6) is -0.979. The van der Waals surface area contributed by atoms with Gasteiger partial charge in [-0.3, -0.25) is 0 Å². The van der Waals surface area contributed by atoms with Crippen LogP contribution in [0.2, 0.25) is 5.02 Å². The summed E-state index contributed by atoms with van der Waals surface area (Å²) in [5.41, 5.74) is 4.36.